The maximum atomic E-state index is 12.6. The van der Waals surface area contributed by atoms with Crippen LogP contribution in [0.5, 0.6) is 0 Å². The van der Waals surface area contributed by atoms with Crippen LogP contribution >= 0.6 is 11.6 Å². The number of benzene rings is 1. The molecule has 1 aromatic carbocycles. The number of H-pyrrole nitrogens is 1. The maximum Gasteiger partial charge on any atom is 0.347 e. The molecule has 1 N–H and O–H groups in total. The van der Waals surface area contributed by atoms with Crippen molar-refractivity contribution in [2.24, 2.45) is 0 Å². The first-order chi connectivity index (χ1) is 6.47. The third-order valence-electron chi connectivity index (χ3n) is 1.82. The first-order valence-electron chi connectivity index (χ1n) is 3.70. The fraction of sp³-hybridized carbons (Fsp3) is 0. The number of hydrogen-bond donors (Lipinski definition) is 1. The minimum Gasteiger partial charge on any atom is -0.343 e. The average Bonchev–Trinajstić information content (AvgIpc) is 2.45. The second kappa shape index (κ2) is 2.96. The molecule has 0 saturated carbocycles. The first kappa shape index (κ1) is 9.48. The zero-order valence-electron chi connectivity index (χ0n) is 6.79. The summed E-state index contributed by atoms with van der Waals surface area (Å²) in [7, 11) is -4.68. The highest BCUT2D eigenvalue weighted by Gasteiger charge is 2.14. The van der Waals surface area contributed by atoms with E-state index in [-0.39, 0.29) is 0 Å². The number of halogens is 2. The Hall–Kier alpha value is -1.07. The Morgan fingerprint density at radius 3 is 2.64 bits per heavy atom. The molecule has 0 aliphatic rings. The SMILES string of the molecule is O=S(=O)(F)c1cc2cc(Cl)ccc2[nH]1. The van der Waals surface area contributed by atoms with E-state index in [1.165, 1.54) is 6.07 Å². The van der Waals surface area contributed by atoms with E-state index >= 15 is 0 Å². The Bertz CT molecular complexity index is 590. The number of rotatable bonds is 1. The molecule has 74 valence electrons. The van der Waals surface area contributed by atoms with Crippen molar-refractivity contribution in [3.63, 3.8) is 0 Å². The van der Waals surface area contributed by atoms with Gasteiger partial charge in [0, 0.05) is 15.9 Å². The summed E-state index contributed by atoms with van der Waals surface area (Å²) in [6.45, 7) is 0. The molecule has 0 radical (unpaired) electrons. The van der Waals surface area contributed by atoms with Crippen molar-refractivity contribution in [1.82, 2.24) is 4.98 Å². The number of aromatic amines is 1. The maximum absolute atomic E-state index is 12.6. The van der Waals surface area contributed by atoms with E-state index in [4.69, 9.17) is 11.6 Å². The Labute approximate surface area is 84.7 Å². The van der Waals surface area contributed by atoms with E-state index in [2.05, 4.69) is 4.98 Å². The van der Waals surface area contributed by atoms with Gasteiger partial charge in [0.15, 0.2) is 5.03 Å². The molecule has 2 rings (SSSR count). The number of nitrogens with one attached hydrogen (secondary N) is 1. The second-order valence-electron chi connectivity index (χ2n) is 2.80. The van der Waals surface area contributed by atoms with Gasteiger partial charge in [-0.05, 0) is 24.3 Å². The summed E-state index contributed by atoms with van der Waals surface area (Å²) in [6.07, 6.45) is 0. The topological polar surface area (TPSA) is 49.9 Å². The van der Waals surface area contributed by atoms with Gasteiger partial charge < -0.3 is 4.98 Å². The van der Waals surface area contributed by atoms with Crippen molar-refractivity contribution in [1.29, 1.82) is 0 Å². The van der Waals surface area contributed by atoms with Crippen LogP contribution in [-0.2, 0) is 10.2 Å². The number of hydrogen-bond acceptors (Lipinski definition) is 2. The smallest absolute Gasteiger partial charge is 0.343 e. The van der Waals surface area contributed by atoms with Crippen molar-refractivity contribution in [2.75, 3.05) is 0 Å². The van der Waals surface area contributed by atoms with Crippen LogP contribution < -0.4 is 0 Å². The van der Waals surface area contributed by atoms with Crippen LogP contribution in [0.3, 0.4) is 0 Å². The molecule has 1 heterocycles. The molecule has 14 heavy (non-hydrogen) atoms. The Morgan fingerprint density at radius 2 is 2.00 bits per heavy atom. The molecule has 0 saturated heterocycles. The number of aromatic nitrogens is 1. The van der Waals surface area contributed by atoms with Gasteiger partial charge in [0.05, 0.1) is 0 Å². The van der Waals surface area contributed by atoms with E-state index in [1.807, 2.05) is 0 Å². The van der Waals surface area contributed by atoms with Crippen LogP contribution in [0.4, 0.5) is 3.89 Å². The van der Waals surface area contributed by atoms with Crippen molar-refractivity contribution < 1.29 is 12.3 Å². The first-order valence-corrected chi connectivity index (χ1v) is 5.46. The van der Waals surface area contributed by atoms with Gasteiger partial charge in [0.2, 0.25) is 0 Å². The van der Waals surface area contributed by atoms with E-state index in [0.717, 1.165) is 0 Å². The summed E-state index contributed by atoms with van der Waals surface area (Å²) >= 11 is 5.69. The molecule has 3 nitrogen and oxygen atoms in total. The zero-order valence-corrected chi connectivity index (χ0v) is 8.36. The highest BCUT2D eigenvalue weighted by molar-refractivity contribution is 7.86. The molecule has 6 heteroatoms. The minimum atomic E-state index is -4.68. The van der Waals surface area contributed by atoms with Crippen LogP contribution in [0, 0.1) is 0 Å². The molecular weight excluding hydrogens is 229 g/mol. The Kier molecular flexibility index (Phi) is 2.01. The van der Waals surface area contributed by atoms with Crippen LogP contribution in [0.25, 0.3) is 10.9 Å². The molecule has 0 spiro atoms. The van der Waals surface area contributed by atoms with E-state index in [0.29, 0.717) is 15.9 Å². The predicted octanol–water partition coefficient (Wildman–Crippen LogP) is 2.48. The second-order valence-corrected chi connectivity index (χ2v) is 4.55. The third kappa shape index (κ3) is 1.60. The lowest BCUT2D eigenvalue weighted by atomic mass is 10.2. The largest absolute Gasteiger partial charge is 0.347 e. The predicted molar refractivity (Wildman–Crippen MR) is 51.6 cm³/mol. The highest BCUT2D eigenvalue weighted by atomic mass is 35.5. The van der Waals surface area contributed by atoms with Crippen LogP contribution in [0.2, 0.25) is 5.02 Å². The van der Waals surface area contributed by atoms with E-state index in [1.54, 1.807) is 18.2 Å². The fourth-order valence-corrected chi connectivity index (χ4v) is 1.89. The Morgan fingerprint density at radius 1 is 1.29 bits per heavy atom. The molecule has 0 amide bonds. The molecule has 2 aromatic rings. The van der Waals surface area contributed by atoms with Gasteiger partial charge in [-0.2, -0.15) is 8.42 Å². The average molecular weight is 234 g/mol. The van der Waals surface area contributed by atoms with E-state index in [9.17, 15) is 12.3 Å². The van der Waals surface area contributed by atoms with Crippen molar-refractivity contribution >= 4 is 32.7 Å². The molecule has 0 fully saturated rings. The van der Waals surface area contributed by atoms with Crippen molar-refractivity contribution in [3.8, 4) is 0 Å². The Balaban J connectivity index is 2.75. The van der Waals surface area contributed by atoms with Crippen molar-refractivity contribution in [2.45, 2.75) is 5.03 Å². The quantitative estimate of drug-likeness (QED) is 0.770. The zero-order chi connectivity index (χ0) is 10.3. The van der Waals surface area contributed by atoms with E-state index < -0.39 is 15.2 Å². The molecule has 0 atom stereocenters. The third-order valence-corrected chi connectivity index (χ3v) is 2.80. The molecule has 0 aliphatic heterocycles. The lowest BCUT2D eigenvalue weighted by Crippen LogP contribution is -1.90. The van der Waals surface area contributed by atoms with Gasteiger partial charge in [-0.1, -0.05) is 15.5 Å². The monoisotopic (exact) mass is 233 g/mol. The standard InChI is InChI=1S/C8H5ClFNO2S/c9-6-1-2-7-5(3-6)4-8(11-7)14(10,12)13/h1-4,11H. The molecule has 0 bridgehead atoms. The van der Waals surface area contributed by atoms with Gasteiger partial charge >= 0.3 is 10.2 Å². The molecule has 1 aromatic heterocycles. The lowest BCUT2D eigenvalue weighted by Gasteiger charge is -1.88. The van der Waals surface area contributed by atoms with Gasteiger partial charge in [0.25, 0.3) is 0 Å². The van der Waals surface area contributed by atoms with Crippen LogP contribution in [-0.4, -0.2) is 13.4 Å². The van der Waals surface area contributed by atoms with Crippen LogP contribution in [0.1, 0.15) is 0 Å². The van der Waals surface area contributed by atoms with Gasteiger partial charge in [-0.15, -0.1) is 0 Å². The summed E-state index contributed by atoms with van der Waals surface area (Å²) in [5, 5.41) is 0.586. The normalized spacial score (nSPS) is 12.1. The van der Waals surface area contributed by atoms with Crippen LogP contribution in [0.15, 0.2) is 29.3 Å². The lowest BCUT2D eigenvalue weighted by molar-refractivity contribution is 0.549. The summed E-state index contributed by atoms with van der Waals surface area (Å²) < 4.78 is 33.7. The molecule has 0 unspecified atom stereocenters. The minimum absolute atomic E-state index is 0.449. The summed E-state index contributed by atoms with van der Waals surface area (Å²) in [4.78, 5) is 2.44. The summed E-state index contributed by atoms with van der Waals surface area (Å²) in [6, 6.07) is 5.94. The number of fused-ring (bicyclic) bond motifs is 1. The highest BCUT2D eigenvalue weighted by Crippen LogP contribution is 2.22. The van der Waals surface area contributed by atoms with Gasteiger partial charge in [0.1, 0.15) is 0 Å². The molecule has 0 aliphatic carbocycles. The summed E-state index contributed by atoms with van der Waals surface area (Å²) in [5.74, 6) is 0. The van der Waals surface area contributed by atoms with Gasteiger partial charge in [-0.25, -0.2) is 0 Å². The molecular formula is C8H5ClFNO2S. The van der Waals surface area contributed by atoms with Crippen molar-refractivity contribution in [3.05, 3.63) is 29.3 Å². The summed E-state index contributed by atoms with van der Waals surface area (Å²) in [5.41, 5.74) is 0.533. The van der Waals surface area contributed by atoms with Gasteiger partial charge in [-0.3, -0.25) is 0 Å². The fourth-order valence-electron chi connectivity index (χ4n) is 1.21.